The van der Waals surface area contributed by atoms with Crippen LogP contribution >= 0.6 is 0 Å². The second-order valence-electron chi connectivity index (χ2n) is 10.6. The predicted molar refractivity (Wildman–Crippen MR) is 118 cm³/mol. The van der Waals surface area contributed by atoms with Crippen LogP contribution in [0.15, 0.2) is 24.3 Å². The molecule has 0 saturated heterocycles. The number of rotatable bonds is 3. The van der Waals surface area contributed by atoms with Crippen LogP contribution in [0.5, 0.6) is 0 Å². The highest BCUT2D eigenvalue weighted by atomic mass is 16.2. The molecule has 2 N–H and O–H groups in total. The molecule has 0 fully saturated rings. The van der Waals surface area contributed by atoms with Crippen molar-refractivity contribution >= 4 is 16.8 Å². The van der Waals surface area contributed by atoms with Crippen LogP contribution in [0.25, 0.3) is 22.3 Å². The monoisotopic (exact) mass is 392 g/mol. The minimum absolute atomic E-state index is 0.0531. The molecule has 5 heteroatoms. The van der Waals surface area contributed by atoms with Crippen molar-refractivity contribution in [1.82, 2.24) is 20.1 Å². The number of aromatic amines is 2. The smallest absolute Gasteiger partial charge is 0.253 e. The Balaban J connectivity index is 1.63. The highest BCUT2D eigenvalue weighted by molar-refractivity contribution is 5.98. The van der Waals surface area contributed by atoms with E-state index in [-0.39, 0.29) is 11.3 Å². The van der Waals surface area contributed by atoms with Gasteiger partial charge in [0.05, 0.1) is 5.69 Å². The molecular weight excluding hydrogens is 360 g/mol. The van der Waals surface area contributed by atoms with E-state index in [1.54, 1.807) is 4.90 Å². The average molecular weight is 393 g/mol. The van der Waals surface area contributed by atoms with E-state index >= 15 is 0 Å². The van der Waals surface area contributed by atoms with Crippen molar-refractivity contribution in [3.8, 4) is 11.4 Å². The lowest BCUT2D eigenvalue weighted by atomic mass is 9.76. The Morgan fingerprint density at radius 3 is 2.72 bits per heavy atom. The Hall–Kier alpha value is -2.56. The zero-order valence-electron chi connectivity index (χ0n) is 18.4. The SMILES string of the molecule is CN(CC(C)(C)C)C(=O)c1ccc2cc(-c3n[nH]c4c3CCC(C)(C)C4)[nH]c2c1. The summed E-state index contributed by atoms with van der Waals surface area (Å²) in [5, 5.41) is 8.98. The first-order chi connectivity index (χ1) is 13.5. The second-order valence-corrected chi connectivity index (χ2v) is 10.6. The lowest BCUT2D eigenvalue weighted by Gasteiger charge is -2.28. The molecule has 0 atom stereocenters. The Morgan fingerprint density at radius 2 is 2.00 bits per heavy atom. The summed E-state index contributed by atoms with van der Waals surface area (Å²) in [7, 11) is 1.87. The van der Waals surface area contributed by atoms with E-state index < -0.39 is 0 Å². The zero-order chi connectivity index (χ0) is 21.0. The molecule has 1 aliphatic rings. The summed E-state index contributed by atoms with van der Waals surface area (Å²) in [6.45, 7) is 11.8. The normalized spacial score (nSPS) is 16.1. The Morgan fingerprint density at radius 1 is 1.24 bits per heavy atom. The number of aromatic nitrogens is 3. The molecule has 3 aromatic rings. The van der Waals surface area contributed by atoms with Gasteiger partial charge >= 0.3 is 0 Å². The highest BCUT2D eigenvalue weighted by Gasteiger charge is 2.29. The van der Waals surface area contributed by atoms with Gasteiger partial charge in [-0.3, -0.25) is 9.89 Å². The van der Waals surface area contributed by atoms with Crippen molar-refractivity contribution in [2.45, 2.75) is 53.9 Å². The minimum atomic E-state index is 0.0531. The number of benzene rings is 1. The molecule has 2 heterocycles. The second kappa shape index (κ2) is 6.75. The van der Waals surface area contributed by atoms with Crippen LogP contribution in [0.2, 0.25) is 0 Å². The summed E-state index contributed by atoms with van der Waals surface area (Å²) in [5.74, 6) is 0.0531. The van der Waals surface area contributed by atoms with Crippen LogP contribution in [0.4, 0.5) is 0 Å². The van der Waals surface area contributed by atoms with Crippen LogP contribution in [0.3, 0.4) is 0 Å². The van der Waals surface area contributed by atoms with Crippen LogP contribution < -0.4 is 0 Å². The van der Waals surface area contributed by atoms with Crippen LogP contribution in [-0.4, -0.2) is 39.6 Å². The number of nitrogens with zero attached hydrogens (tertiary/aromatic N) is 2. The van der Waals surface area contributed by atoms with E-state index in [4.69, 9.17) is 0 Å². The van der Waals surface area contributed by atoms with E-state index in [1.807, 2.05) is 25.2 Å². The first-order valence-corrected chi connectivity index (χ1v) is 10.5. The van der Waals surface area contributed by atoms with Gasteiger partial charge in [-0.2, -0.15) is 5.10 Å². The van der Waals surface area contributed by atoms with Crippen molar-refractivity contribution in [3.63, 3.8) is 0 Å². The summed E-state index contributed by atoms with van der Waals surface area (Å²) >= 11 is 0. The average Bonchev–Trinajstić information content (AvgIpc) is 3.20. The Kier molecular flexibility index (Phi) is 4.60. The third kappa shape index (κ3) is 3.96. The number of fused-ring (bicyclic) bond motifs is 2. The predicted octanol–water partition coefficient (Wildman–Crippen LogP) is 5.19. The molecule has 0 unspecified atom stereocenters. The zero-order valence-corrected chi connectivity index (χ0v) is 18.4. The number of amides is 1. The van der Waals surface area contributed by atoms with Gasteiger partial charge in [-0.25, -0.2) is 0 Å². The maximum atomic E-state index is 12.8. The summed E-state index contributed by atoms with van der Waals surface area (Å²) in [4.78, 5) is 18.1. The van der Waals surface area contributed by atoms with Gasteiger partial charge in [0.1, 0.15) is 5.69 Å². The summed E-state index contributed by atoms with van der Waals surface area (Å²) in [5.41, 5.74) is 6.71. The third-order valence-corrected chi connectivity index (χ3v) is 5.84. The molecular formula is C24H32N4O. The van der Waals surface area contributed by atoms with E-state index in [0.29, 0.717) is 11.0 Å². The quantitative estimate of drug-likeness (QED) is 0.644. The number of nitrogens with one attached hydrogen (secondary N) is 2. The van der Waals surface area contributed by atoms with Gasteiger partial charge < -0.3 is 9.88 Å². The highest BCUT2D eigenvalue weighted by Crippen LogP contribution is 2.38. The molecule has 154 valence electrons. The van der Waals surface area contributed by atoms with E-state index in [1.165, 1.54) is 17.7 Å². The maximum absolute atomic E-state index is 12.8. The first kappa shape index (κ1) is 19.7. The molecule has 2 aromatic heterocycles. The van der Waals surface area contributed by atoms with E-state index in [9.17, 15) is 4.79 Å². The Labute approximate surface area is 172 Å². The largest absolute Gasteiger partial charge is 0.353 e. The van der Waals surface area contributed by atoms with Crippen molar-refractivity contribution in [3.05, 3.63) is 41.1 Å². The molecule has 0 radical (unpaired) electrons. The lowest BCUT2D eigenvalue weighted by molar-refractivity contribution is 0.0746. The van der Waals surface area contributed by atoms with Crippen molar-refractivity contribution in [2.24, 2.45) is 10.8 Å². The summed E-state index contributed by atoms with van der Waals surface area (Å²) < 4.78 is 0. The molecule has 1 aromatic carbocycles. The maximum Gasteiger partial charge on any atom is 0.253 e. The van der Waals surface area contributed by atoms with Crippen molar-refractivity contribution < 1.29 is 4.79 Å². The Bertz CT molecular complexity index is 1060. The number of carbonyl (C=O) groups is 1. The third-order valence-electron chi connectivity index (χ3n) is 5.84. The van der Waals surface area contributed by atoms with Gasteiger partial charge in [0.25, 0.3) is 5.91 Å². The van der Waals surface area contributed by atoms with Crippen LogP contribution in [0.1, 0.15) is 62.7 Å². The van der Waals surface area contributed by atoms with Crippen molar-refractivity contribution in [2.75, 3.05) is 13.6 Å². The number of H-pyrrole nitrogens is 2. The summed E-state index contributed by atoms with van der Waals surface area (Å²) in [6, 6.07) is 8.04. The van der Waals surface area contributed by atoms with Gasteiger partial charge in [0.15, 0.2) is 0 Å². The molecule has 0 bridgehead atoms. The van der Waals surface area contributed by atoms with Crippen LogP contribution in [0, 0.1) is 10.8 Å². The van der Waals surface area contributed by atoms with Crippen molar-refractivity contribution in [1.29, 1.82) is 0 Å². The number of hydrogen-bond donors (Lipinski definition) is 2. The molecule has 0 spiro atoms. The van der Waals surface area contributed by atoms with Gasteiger partial charge in [0, 0.05) is 41.3 Å². The van der Waals surface area contributed by atoms with Gasteiger partial charge in [-0.1, -0.05) is 40.7 Å². The lowest BCUT2D eigenvalue weighted by Crippen LogP contribution is -2.34. The standard InChI is InChI=1S/C24H32N4O/c1-23(2,3)14-28(6)22(29)16-8-7-15-11-19(25-18(15)12-16)21-17-9-10-24(4,5)13-20(17)26-27-21/h7-8,11-12,25H,9-10,13-14H2,1-6H3,(H,26,27). The van der Waals surface area contributed by atoms with Gasteiger partial charge in [0.2, 0.25) is 0 Å². The van der Waals surface area contributed by atoms with E-state index in [2.05, 4.69) is 55.9 Å². The minimum Gasteiger partial charge on any atom is -0.353 e. The summed E-state index contributed by atoms with van der Waals surface area (Å²) in [6.07, 6.45) is 3.25. The fourth-order valence-electron chi connectivity index (χ4n) is 4.46. The number of carbonyl (C=O) groups excluding carboxylic acids is 1. The first-order valence-electron chi connectivity index (χ1n) is 10.5. The number of hydrogen-bond acceptors (Lipinski definition) is 2. The topological polar surface area (TPSA) is 64.8 Å². The molecule has 0 aliphatic heterocycles. The fraction of sp³-hybridized carbons (Fsp3) is 0.500. The molecule has 4 rings (SSSR count). The van der Waals surface area contributed by atoms with Gasteiger partial charge in [-0.15, -0.1) is 0 Å². The van der Waals surface area contributed by atoms with Gasteiger partial charge in [-0.05, 0) is 48.3 Å². The molecule has 5 nitrogen and oxygen atoms in total. The van der Waals surface area contributed by atoms with E-state index in [0.717, 1.165) is 41.7 Å². The molecule has 1 amide bonds. The molecule has 0 saturated carbocycles. The fourth-order valence-corrected chi connectivity index (χ4v) is 4.46. The molecule has 1 aliphatic carbocycles. The molecule has 29 heavy (non-hydrogen) atoms. The van der Waals surface area contributed by atoms with Crippen LogP contribution in [-0.2, 0) is 12.8 Å².